The highest BCUT2D eigenvalue weighted by Crippen LogP contribution is 2.42. The minimum absolute atomic E-state index is 0.666. The number of benzene rings is 8. The summed E-state index contributed by atoms with van der Waals surface area (Å²) in [6, 6.07) is 64.1. The zero-order chi connectivity index (χ0) is 68.0. The van der Waals surface area contributed by atoms with Gasteiger partial charge in [-0.2, -0.15) is 4.57 Å². The third-order valence-corrected chi connectivity index (χ3v) is 19.1. The molecule has 0 atom stereocenters. The second-order valence-electron chi connectivity index (χ2n) is 25.6. The molecule has 0 bridgehead atoms. The predicted octanol–water partition coefficient (Wildman–Crippen LogP) is 17.3. The van der Waals surface area contributed by atoms with Crippen LogP contribution in [0, 0.1) is 27.7 Å². The van der Waals surface area contributed by atoms with Crippen molar-refractivity contribution < 1.29 is 36.1 Å². The lowest BCUT2D eigenvalue weighted by Crippen LogP contribution is -2.35. The number of aromatic nitrogens is 12. The van der Waals surface area contributed by atoms with Gasteiger partial charge in [0.1, 0.15) is 36.8 Å². The van der Waals surface area contributed by atoms with Crippen LogP contribution in [0.5, 0.6) is 0 Å². The van der Waals surface area contributed by atoms with Crippen molar-refractivity contribution in [1.29, 1.82) is 0 Å². The maximum Gasteiger partial charge on any atom is 0.334 e. The minimum Gasteiger partial charge on any atom is -0.437 e. The number of rotatable bonds is 4. The van der Waals surface area contributed by atoms with Gasteiger partial charge in [-0.3, -0.25) is 4.98 Å². The summed E-state index contributed by atoms with van der Waals surface area (Å²) in [6.45, 7) is 8.40. The molecule has 12 heterocycles. The van der Waals surface area contributed by atoms with Crippen molar-refractivity contribution in [3.05, 3.63) is 260 Å². The summed E-state index contributed by atoms with van der Waals surface area (Å²) in [4.78, 5) is 27.7. The Balaban J connectivity index is 0.0000000997. The molecule has 0 radical (unpaired) electrons. The molecule has 0 saturated heterocycles. The molecule has 0 N–H and O–H groups in total. The molecular weight excluding hydrogens is 1240 g/mol. The highest BCUT2D eigenvalue weighted by molar-refractivity contribution is 6.15. The Labute approximate surface area is 572 Å². The van der Waals surface area contributed by atoms with E-state index in [-0.39, 0.29) is 0 Å². The predicted molar refractivity (Wildman–Crippen MR) is 394 cm³/mol. The van der Waals surface area contributed by atoms with Crippen LogP contribution in [0.4, 0.5) is 0 Å². The van der Waals surface area contributed by atoms with E-state index in [0.29, 0.717) is 22.9 Å². The largest absolute Gasteiger partial charge is 0.437 e. The Kier molecular flexibility index (Phi) is 14.7. The van der Waals surface area contributed by atoms with Gasteiger partial charge >= 0.3 is 5.82 Å². The van der Waals surface area contributed by atoms with E-state index in [1.807, 2.05) is 140 Å². The number of hydrogen-bond donors (Lipinski definition) is 0. The van der Waals surface area contributed by atoms with Crippen LogP contribution in [0.2, 0.25) is 0 Å². The Morgan fingerprint density at radius 3 is 1.18 bits per heavy atom. The van der Waals surface area contributed by atoms with E-state index in [4.69, 9.17) is 37.6 Å². The average Bonchev–Trinajstić information content (AvgIpc) is 1.60. The van der Waals surface area contributed by atoms with Crippen LogP contribution in [0.1, 0.15) is 22.3 Å². The first-order valence-electron chi connectivity index (χ1n) is 33.1. The van der Waals surface area contributed by atoms with E-state index in [0.717, 1.165) is 171 Å². The van der Waals surface area contributed by atoms with Gasteiger partial charge in [-0.05, 0) is 115 Å². The smallest absolute Gasteiger partial charge is 0.334 e. The number of fused-ring (bicyclic) bond motifs is 16. The zero-order valence-electron chi connectivity index (χ0n) is 56.5. The van der Waals surface area contributed by atoms with Gasteiger partial charge < -0.3 is 17.7 Å². The highest BCUT2D eigenvalue weighted by Gasteiger charge is 2.27. The van der Waals surface area contributed by atoms with Gasteiger partial charge in [-0.15, -0.1) is 0 Å². The third-order valence-electron chi connectivity index (χ3n) is 19.1. The second-order valence-corrected chi connectivity index (χ2v) is 25.6. The molecule has 20 rings (SSSR count). The number of imidazole rings is 1. The number of aryl methyl sites for hydroxylation is 9. The molecule has 0 fully saturated rings. The Morgan fingerprint density at radius 1 is 0.350 bits per heavy atom. The van der Waals surface area contributed by atoms with Crippen molar-refractivity contribution in [1.82, 2.24) is 39.6 Å². The summed E-state index contributed by atoms with van der Waals surface area (Å²) in [5, 5.41) is 17.4. The zero-order valence-corrected chi connectivity index (χ0v) is 56.5. The monoisotopic (exact) mass is 1310 g/mol. The third kappa shape index (κ3) is 10.3. The van der Waals surface area contributed by atoms with Crippen molar-refractivity contribution in [2.75, 3.05) is 0 Å². The number of furan rings is 4. The lowest BCUT2D eigenvalue weighted by atomic mass is 10.0. The van der Waals surface area contributed by atoms with Gasteiger partial charge in [0, 0.05) is 76.8 Å². The molecule has 0 aliphatic carbocycles. The Morgan fingerprint density at radius 2 is 0.760 bits per heavy atom. The number of nitrogens with zero attached hydrogens (tertiary/aromatic N) is 12. The molecule has 8 aromatic carbocycles. The van der Waals surface area contributed by atoms with Crippen LogP contribution in [0.25, 0.3) is 177 Å². The number of pyridine rings is 4. The first-order chi connectivity index (χ1) is 48.8. The lowest BCUT2D eigenvalue weighted by Gasteiger charge is -2.04. The molecule has 0 saturated carbocycles. The molecule has 0 amide bonds. The number of hydrogen-bond acceptors (Lipinski definition) is 11. The average molecular weight is 1310 g/mol. The fourth-order valence-electron chi connectivity index (χ4n) is 14.0. The van der Waals surface area contributed by atoms with E-state index in [1.54, 1.807) is 12.4 Å². The van der Waals surface area contributed by atoms with Crippen molar-refractivity contribution in [2.24, 2.45) is 35.2 Å². The van der Waals surface area contributed by atoms with Crippen molar-refractivity contribution >= 4 is 132 Å². The van der Waals surface area contributed by atoms with E-state index < -0.39 is 0 Å². The summed E-state index contributed by atoms with van der Waals surface area (Å²) in [7, 11) is 10.1. The summed E-state index contributed by atoms with van der Waals surface area (Å²) in [5.74, 6) is 2.00. The molecule has 16 heteroatoms. The number of para-hydroxylation sites is 4. The summed E-state index contributed by atoms with van der Waals surface area (Å²) in [6.07, 6.45) is 15.3. The maximum atomic E-state index is 6.27. The van der Waals surface area contributed by atoms with Gasteiger partial charge in [0.2, 0.25) is 34.2 Å². The van der Waals surface area contributed by atoms with Crippen molar-refractivity contribution in [2.45, 2.75) is 27.7 Å². The standard InChI is InChI=1S/C21H18N3O.3C21H16N3O/c1-13-8-9-15-16-12-14-6-4-5-7-17(14)22-20(16)25-19(15)18(13)21-23(2)10-11-24(21)3;1-13-8-9-15-16-12-14-6-3-4-7-17(14)23-21(16)25-19(15)18(13)20-22-10-5-11-24(20)2;1-13-9-10-15-16-12-14-6-3-4-7-17(14)23-21(16)25-20(15)19(13)18-8-5-11-22-24(18)2;1-13-7-8-15-16-11-14-5-3-4-6-17(14)23-21(16)25-20(15)19(13)18-12-22-9-10-24(18)2/h4-12H,1-3H3;3*3-12H,1-2H3/q4*+1. The van der Waals surface area contributed by atoms with Gasteiger partial charge in [0.15, 0.2) is 35.6 Å². The van der Waals surface area contributed by atoms with Crippen LogP contribution >= 0.6 is 0 Å². The quantitative estimate of drug-likeness (QED) is 0.154. The molecule has 0 aliphatic rings. The van der Waals surface area contributed by atoms with E-state index in [2.05, 4.69) is 186 Å². The van der Waals surface area contributed by atoms with Gasteiger partial charge in [0.25, 0.3) is 5.82 Å². The van der Waals surface area contributed by atoms with Crippen LogP contribution in [-0.4, -0.2) is 39.6 Å². The molecule has 20 aromatic rings. The normalized spacial score (nSPS) is 11.7. The summed E-state index contributed by atoms with van der Waals surface area (Å²) >= 11 is 0. The molecule has 0 unspecified atom stereocenters. The highest BCUT2D eigenvalue weighted by atomic mass is 16.4. The summed E-state index contributed by atoms with van der Waals surface area (Å²) < 4.78 is 35.1. The second kappa shape index (κ2) is 24.3. The lowest BCUT2D eigenvalue weighted by molar-refractivity contribution is -0.720. The van der Waals surface area contributed by atoms with E-state index in [1.165, 1.54) is 5.56 Å². The Hall–Kier alpha value is -13.0. The maximum absolute atomic E-state index is 6.27. The van der Waals surface area contributed by atoms with Crippen LogP contribution in [0.3, 0.4) is 0 Å². The molecule has 0 aliphatic heterocycles. The molecule has 482 valence electrons. The Bertz CT molecular complexity index is 6200. The molecule has 16 nitrogen and oxygen atoms in total. The van der Waals surface area contributed by atoms with Crippen molar-refractivity contribution in [3.8, 4) is 45.3 Å². The molecule has 100 heavy (non-hydrogen) atoms. The van der Waals surface area contributed by atoms with E-state index in [9.17, 15) is 0 Å². The van der Waals surface area contributed by atoms with Gasteiger partial charge in [-0.25, -0.2) is 33.6 Å². The van der Waals surface area contributed by atoms with Gasteiger partial charge in [0.05, 0.1) is 79.1 Å². The minimum atomic E-state index is 0.666. The topological polar surface area (TPSA) is 163 Å². The fraction of sp³-hybridized carbons (Fsp3) is 0.107. The van der Waals surface area contributed by atoms with E-state index >= 15 is 0 Å². The fourth-order valence-corrected chi connectivity index (χ4v) is 14.0. The van der Waals surface area contributed by atoms with Crippen LogP contribution < -0.4 is 18.4 Å². The summed E-state index contributed by atoms with van der Waals surface area (Å²) in [5.41, 5.74) is 20.9. The van der Waals surface area contributed by atoms with Crippen LogP contribution in [0.15, 0.2) is 255 Å². The molecule has 12 aromatic heterocycles. The molecular formula is C84H66N12O4+4. The molecule has 0 spiro atoms. The SMILES string of the molecule is Cc1ccc2c(oc3nc4ccccc4cc32)c1-c1cccn[n+]1C.Cc1ccc2c(oc3nc4ccccc4cc32)c1-c1cncc[n+]1C.Cc1ccc2c(oc3nc4ccccc4cc32)c1-c1n(C)cc[n+]1C.Cc1ccc2c(oc3nc4ccccc4cc32)c1-c1nccc[n+]1C. The van der Waals surface area contributed by atoms with Gasteiger partial charge in [-0.1, -0.05) is 126 Å². The van der Waals surface area contributed by atoms with Crippen molar-refractivity contribution in [3.63, 3.8) is 0 Å². The first-order valence-corrected chi connectivity index (χ1v) is 33.1. The first kappa shape index (κ1) is 60.7. The van der Waals surface area contributed by atoms with Crippen LogP contribution in [-0.2, 0) is 35.2 Å².